The van der Waals surface area contributed by atoms with E-state index in [1.54, 1.807) is 16.8 Å². The summed E-state index contributed by atoms with van der Waals surface area (Å²) in [5, 5.41) is 8.18. The molecule has 0 spiro atoms. The molecule has 1 aromatic heterocycles. The van der Waals surface area contributed by atoms with Crippen LogP contribution in [-0.4, -0.2) is 57.0 Å². The molecule has 1 fully saturated rings. The minimum atomic E-state index is -0.108. The van der Waals surface area contributed by atoms with E-state index in [4.69, 9.17) is 0 Å². The minimum absolute atomic E-state index is 0.108. The molecule has 1 aliphatic heterocycles. The highest BCUT2D eigenvalue weighted by atomic mass is 16.2. The fourth-order valence-electron chi connectivity index (χ4n) is 3.98. The van der Waals surface area contributed by atoms with Crippen molar-refractivity contribution in [2.24, 2.45) is 11.3 Å². The van der Waals surface area contributed by atoms with E-state index in [1.807, 2.05) is 11.6 Å². The van der Waals surface area contributed by atoms with Crippen molar-refractivity contribution in [3.05, 3.63) is 11.6 Å². The van der Waals surface area contributed by atoms with Gasteiger partial charge in [0.15, 0.2) is 5.82 Å². The second kappa shape index (κ2) is 6.77. The third-order valence-electron chi connectivity index (χ3n) is 5.98. The van der Waals surface area contributed by atoms with Gasteiger partial charge in [-0.05, 0) is 24.2 Å². The maximum atomic E-state index is 12.7. The van der Waals surface area contributed by atoms with Gasteiger partial charge in [-0.1, -0.05) is 26.7 Å². The van der Waals surface area contributed by atoms with Crippen molar-refractivity contribution >= 4 is 11.8 Å². The number of rotatable bonds is 4. The predicted octanol–water partition coefficient (Wildman–Crippen LogP) is 1.93. The first-order chi connectivity index (χ1) is 11.8. The fourth-order valence-corrected chi connectivity index (χ4v) is 3.98. The second-order valence-corrected chi connectivity index (χ2v) is 8.20. The molecular weight excluding hydrogens is 318 g/mol. The van der Waals surface area contributed by atoms with Gasteiger partial charge in [0, 0.05) is 33.6 Å². The lowest BCUT2D eigenvalue weighted by Gasteiger charge is -2.39. The second-order valence-electron chi connectivity index (χ2n) is 8.20. The van der Waals surface area contributed by atoms with Gasteiger partial charge >= 0.3 is 0 Å². The lowest BCUT2D eigenvalue weighted by molar-refractivity contribution is -0.133. The Hall–Kier alpha value is -1.92. The van der Waals surface area contributed by atoms with E-state index in [0.717, 1.165) is 6.42 Å². The van der Waals surface area contributed by atoms with E-state index in [0.29, 0.717) is 43.6 Å². The summed E-state index contributed by atoms with van der Waals surface area (Å²) in [6, 6.07) is 0. The van der Waals surface area contributed by atoms with Crippen molar-refractivity contribution in [2.75, 3.05) is 20.6 Å². The standard InChI is InChI=1S/C18H29N5O2/c1-18(2)8-6-5-7-13(18)11-15(24)22(4)12-14-19-20-16-17(25)21(3)9-10-23(14)16/h13H,5-12H2,1-4H3. The number of carbonyl (C=O) groups excluding carboxylic acids is 2. The number of hydrogen-bond acceptors (Lipinski definition) is 4. The summed E-state index contributed by atoms with van der Waals surface area (Å²) in [7, 11) is 3.58. The highest BCUT2D eigenvalue weighted by molar-refractivity contribution is 5.91. The Morgan fingerprint density at radius 1 is 1.28 bits per heavy atom. The minimum Gasteiger partial charge on any atom is -0.338 e. The van der Waals surface area contributed by atoms with Crippen LogP contribution < -0.4 is 0 Å². The van der Waals surface area contributed by atoms with Crippen LogP contribution in [0.1, 0.15) is 62.4 Å². The zero-order chi connectivity index (χ0) is 18.2. The molecule has 7 nitrogen and oxygen atoms in total. The summed E-state index contributed by atoms with van der Waals surface area (Å²) < 4.78 is 1.84. The Labute approximate surface area is 149 Å². The summed E-state index contributed by atoms with van der Waals surface area (Å²) in [5.41, 5.74) is 0.236. The van der Waals surface area contributed by atoms with Crippen molar-refractivity contribution in [1.29, 1.82) is 0 Å². The SMILES string of the molecule is CN(Cc1nnc2n1CCN(C)C2=O)C(=O)CC1CCCCC1(C)C. The van der Waals surface area contributed by atoms with Gasteiger partial charge < -0.3 is 14.4 Å². The maximum Gasteiger partial charge on any atom is 0.291 e. The van der Waals surface area contributed by atoms with E-state index >= 15 is 0 Å². The molecule has 0 N–H and O–H groups in total. The summed E-state index contributed by atoms with van der Waals surface area (Å²) in [6.07, 6.45) is 5.40. The molecule has 1 aromatic rings. The average Bonchev–Trinajstić information content (AvgIpc) is 2.96. The Bertz CT molecular complexity index is 666. The Morgan fingerprint density at radius 2 is 2.04 bits per heavy atom. The van der Waals surface area contributed by atoms with Gasteiger partial charge in [0.05, 0.1) is 6.54 Å². The molecular formula is C18H29N5O2. The highest BCUT2D eigenvalue weighted by Gasteiger charge is 2.34. The van der Waals surface area contributed by atoms with Crippen LogP contribution in [0.4, 0.5) is 0 Å². The predicted molar refractivity (Wildman–Crippen MR) is 93.8 cm³/mol. The average molecular weight is 347 g/mol. The Balaban J connectivity index is 1.65. The summed E-state index contributed by atoms with van der Waals surface area (Å²) in [5.74, 6) is 1.55. The first-order valence-electron chi connectivity index (χ1n) is 9.21. The molecule has 0 bridgehead atoms. The van der Waals surface area contributed by atoms with E-state index < -0.39 is 0 Å². The van der Waals surface area contributed by atoms with Crippen LogP contribution in [0.25, 0.3) is 0 Å². The number of fused-ring (bicyclic) bond motifs is 1. The lowest BCUT2D eigenvalue weighted by Crippen LogP contribution is -2.39. The Kier molecular flexibility index (Phi) is 4.84. The molecule has 1 unspecified atom stereocenters. The summed E-state index contributed by atoms with van der Waals surface area (Å²) in [6.45, 7) is 6.28. The first-order valence-corrected chi connectivity index (χ1v) is 9.21. The molecule has 3 rings (SSSR count). The van der Waals surface area contributed by atoms with E-state index in [1.165, 1.54) is 19.3 Å². The van der Waals surface area contributed by atoms with Crippen LogP contribution in [0, 0.1) is 11.3 Å². The van der Waals surface area contributed by atoms with Gasteiger partial charge in [-0.25, -0.2) is 0 Å². The summed E-state index contributed by atoms with van der Waals surface area (Å²) >= 11 is 0. The molecule has 0 saturated heterocycles. The highest BCUT2D eigenvalue weighted by Crippen LogP contribution is 2.42. The van der Waals surface area contributed by atoms with Crippen LogP contribution in [0.5, 0.6) is 0 Å². The molecule has 2 heterocycles. The quantitative estimate of drug-likeness (QED) is 0.834. The van der Waals surface area contributed by atoms with Crippen molar-refractivity contribution < 1.29 is 9.59 Å². The largest absolute Gasteiger partial charge is 0.338 e. The van der Waals surface area contributed by atoms with Gasteiger partial charge in [0.25, 0.3) is 5.91 Å². The molecule has 138 valence electrons. The Morgan fingerprint density at radius 3 is 2.76 bits per heavy atom. The van der Waals surface area contributed by atoms with E-state index in [-0.39, 0.29) is 17.2 Å². The molecule has 7 heteroatoms. The van der Waals surface area contributed by atoms with Crippen molar-refractivity contribution in [2.45, 2.75) is 59.0 Å². The van der Waals surface area contributed by atoms with Crippen LogP contribution in [0.15, 0.2) is 0 Å². The van der Waals surface area contributed by atoms with Crippen molar-refractivity contribution in [3.63, 3.8) is 0 Å². The zero-order valence-corrected chi connectivity index (χ0v) is 15.8. The molecule has 2 aliphatic rings. The maximum absolute atomic E-state index is 12.7. The molecule has 0 aromatic carbocycles. The first kappa shape index (κ1) is 17.9. The van der Waals surface area contributed by atoms with Crippen LogP contribution in [-0.2, 0) is 17.9 Å². The molecule has 1 aliphatic carbocycles. The fraction of sp³-hybridized carbons (Fsp3) is 0.778. The van der Waals surface area contributed by atoms with Crippen LogP contribution in [0.3, 0.4) is 0 Å². The van der Waals surface area contributed by atoms with Crippen LogP contribution >= 0.6 is 0 Å². The summed E-state index contributed by atoms with van der Waals surface area (Å²) in [4.78, 5) is 28.2. The normalized spacial score (nSPS) is 22.6. The number of likely N-dealkylation sites (N-methyl/N-ethyl adjacent to an activating group) is 1. The zero-order valence-electron chi connectivity index (χ0n) is 15.8. The van der Waals surface area contributed by atoms with Crippen molar-refractivity contribution in [1.82, 2.24) is 24.6 Å². The number of nitrogens with zero attached hydrogens (tertiary/aromatic N) is 5. The number of carbonyl (C=O) groups is 2. The van der Waals surface area contributed by atoms with E-state index in [9.17, 15) is 9.59 Å². The van der Waals surface area contributed by atoms with Gasteiger partial charge in [0.1, 0.15) is 0 Å². The smallest absolute Gasteiger partial charge is 0.291 e. The third-order valence-corrected chi connectivity index (χ3v) is 5.98. The molecule has 1 atom stereocenters. The third kappa shape index (κ3) is 3.55. The van der Waals surface area contributed by atoms with Gasteiger partial charge in [-0.2, -0.15) is 0 Å². The number of aromatic nitrogens is 3. The molecule has 0 radical (unpaired) electrons. The van der Waals surface area contributed by atoms with Gasteiger partial charge in [0.2, 0.25) is 11.7 Å². The topological polar surface area (TPSA) is 71.3 Å². The van der Waals surface area contributed by atoms with Gasteiger partial charge in [-0.3, -0.25) is 9.59 Å². The monoisotopic (exact) mass is 347 g/mol. The van der Waals surface area contributed by atoms with Crippen LogP contribution in [0.2, 0.25) is 0 Å². The number of hydrogen-bond donors (Lipinski definition) is 0. The van der Waals surface area contributed by atoms with Gasteiger partial charge in [-0.15, -0.1) is 10.2 Å². The molecule has 25 heavy (non-hydrogen) atoms. The number of amides is 2. The molecule has 2 amide bonds. The van der Waals surface area contributed by atoms with Crippen molar-refractivity contribution in [3.8, 4) is 0 Å². The molecule has 1 saturated carbocycles. The lowest BCUT2D eigenvalue weighted by atomic mass is 9.67. The van der Waals surface area contributed by atoms with E-state index in [2.05, 4.69) is 24.0 Å².